The molecule has 1 rings (SSSR count). The van der Waals surface area contributed by atoms with Crippen molar-refractivity contribution in [3.63, 3.8) is 0 Å². The SMILES string of the molecule is CCOC(=O)CN(CCOC)c1nc(C)cc(C)c1C#N. The van der Waals surface area contributed by atoms with E-state index in [2.05, 4.69) is 11.1 Å². The summed E-state index contributed by atoms with van der Waals surface area (Å²) in [4.78, 5) is 17.9. The zero-order valence-electron chi connectivity index (χ0n) is 13.0. The highest BCUT2D eigenvalue weighted by Crippen LogP contribution is 2.21. The van der Waals surface area contributed by atoms with E-state index < -0.39 is 0 Å². The third kappa shape index (κ3) is 4.72. The zero-order chi connectivity index (χ0) is 15.8. The first kappa shape index (κ1) is 16.9. The fourth-order valence-electron chi connectivity index (χ4n) is 2.01. The lowest BCUT2D eigenvalue weighted by Gasteiger charge is -2.24. The van der Waals surface area contributed by atoms with Gasteiger partial charge in [-0.3, -0.25) is 4.79 Å². The van der Waals surface area contributed by atoms with Crippen molar-refractivity contribution in [3.05, 3.63) is 22.9 Å². The molecule has 1 heterocycles. The highest BCUT2D eigenvalue weighted by atomic mass is 16.5. The molecule has 0 amide bonds. The molecule has 0 bridgehead atoms. The molecule has 0 fully saturated rings. The molecule has 0 aliphatic heterocycles. The number of nitrogens with zero attached hydrogens (tertiary/aromatic N) is 3. The van der Waals surface area contributed by atoms with Gasteiger partial charge in [-0.1, -0.05) is 0 Å². The Hall–Kier alpha value is -2.13. The van der Waals surface area contributed by atoms with E-state index in [4.69, 9.17) is 9.47 Å². The van der Waals surface area contributed by atoms with Crippen molar-refractivity contribution in [3.8, 4) is 6.07 Å². The molecular weight excluding hydrogens is 270 g/mol. The Bertz CT molecular complexity index is 538. The van der Waals surface area contributed by atoms with E-state index in [-0.39, 0.29) is 12.5 Å². The summed E-state index contributed by atoms with van der Waals surface area (Å²) in [6, 6.07) is 4.00. The molecule has 6 nitrogen and oxygen atoms in total. The van der Waals surface area contributed by atoms with Crippen LogP contribution in [0.4, 0.5) is 5.82 Å². The second-order valence-corrected chi connectivity index (χ2v) is 4.61. The second kappa shape index (κ2) is 8.22. The van der Waals surface area contributed by atoms with Crippen molar-refractivity contribution in [2.24, 2.45) is 0 Å². The summed E-state index contributed by atoms with van der Waals surface area (Å²) < 4.78 is 10.0. The molecule has 0 aromatic carbocycles. The van der Waals surface area contributed by atoms with Gasteiger partial charge >= 0.3 is 5.97 Å². The van der Waals surface area contributed by atoms with Crippen molar-refractivity contribution in [2.45, 2.75) is 20.8 Å². The highest BCUT2D eigenvalue weighted by Gasteiger charge is 2.19. The molecule has 0 radical (unpaired) electrons. The normalized spacial score (nSPS) is 10.0. The van der Waals surface area contributed by atoms with Gasteiger partial charge in [-0.05, 0) is 32.4 Å². The quantitative estimate of drug-likeness (QED) is 0.710. The number of carbonyl (C=O) groups is 1. The number of anilines is 1. The number of hydrogen-bond acceptors (Lipinski definition) is 6. The zero-order valence-corrected chi connectivity index (χ0v) is 13.0. The van der Waals surface area contributed by atoms with Gasteiger partial charge in [0.15, 0.2) is 0 Å². The van der Waals surface area contributed by atoms with E-state index in [0.29, 0.717) is 31.1 Å². The van der Waals surface area contributed by atoms with Crippen LogP contribution in [0.1, 0.15) is 23.7 Å². The van der Waals surface area contributed by atoms with Crippen molar-refractivity contribution < 1.29 is 14.3 Å². The minimum absolute atomic E-state index is 0.0434. The van der Waals surface area contributed by atoms with E-state index in [1.54, 1.807) is 18.9 Å². The average Bonchev–Trinajstić information content (AvgIpc) is 2.43. The lowest BCUT2D eigenvalue weighted by Crippen LogP contribution is -2.35. The number of rotatable bonds is 7. The first-order chi connectivity index (χ1) is 10.0. The van der Waals surface area contributed by atoms with Crippen LogP contribution in [0, 0.1) is 25.2 Å². The maximum atomic E-state index is 11.7. The van der Waals surface area contributed by atoms with E-state index in [1.165, 1.54) is 0 Å². The lowest BCUT2D eigenvalue weighted by atomic mass is 10.1. The number of aryl methyl sites for hydroxylation is 2. The number of ether oxygens (including phenoxy) is 2. The van der Waals surface area contributed by atoms with Gasteiger partial charge in [0.1, 0.15) is 18.4 Å². The van der Waals surface area contributed by atoms with Gasteiger partial charge in [0.25, 0.3) is 0 Å². The Kier molecular flexibility index (Phi) is 6.63. The smallest absolute Gasteiger partial charge is 0.325 e. The minimum atomic E-state index is -0.349. The van der Waals surface area contributed by atoms with Crippen LogP contribution >= 0.6 is 0 Å². The van der Waals surface area contributed by atoms with Crippen LogP contribution < -0.4 is 4.90 Å². The Morgan fingerprint density at radius 3 is 2.76 bits per heavy atom. The molecule has 0 saturated carbocycles. The summed E-state index contributed by atoms with van der Waals surface area (Å²) in [5.41, 5.74) is 2.11. The molecule has 114 valence electrons. The molecular formula is C15H21N3O3. The number of hydrogen-bond donors (Lipinski definition) is 0. The summed E-state index contributed by atoms with van der Waals surface area (Å²) in [5, 5.41) is 9.34. The summed E-state index contributed by atoms with van der Waals surface area (Å²) in [6.07, 6.45) is 0. The fourth-order valence-corrected chi connectivity index (χ4v) is 2.01. The molecule has 0 N–H and O–H groups in total. The number of nitriles is 1. The van der Waals surface area contributed by atoms with E-state index in [0.717, 1.165) is 11.3 Å². The summed E-state index contributed by atoms with van der Waals surface area (Å²) in [5.74, 6) is 0.151. The van der Waals surface area contributed by atoms with Gasteiger partial charge in [0.2, 0.25) is 0 Å². The predicted octanol–water partition coefficient (Wildman–Crippen LogP) is 1.59. The van der Waals surface area contributed by atoms with Crippen LogP contribution in [0.3, 0.4) is 0 Å². The monoisotopic (exact) mass is 291 g/mol. The molecule has 1 aromatic heterocycles. The molecule has 21 heavy (non-hydrogen) atoms. The molecule has 0 aliphatic rings. The van der Waals surface area contributed by atoms with Gasteiger partial charge in [0.05, 0.1) is 18.8 Å². The summed E-state index contributed by atoms with van der Waals surface area (Å²) in [6.45, 7) is 6.72. The standard InChI is InChI=1S/C15H21N3O3/c1-5-21-14(19)10-18(6-7-20-4)15-13(9-16)11(2)8-12(3)17-15/h8H,5-7,10H2,1-4H3. The molecule has 6 heteroatoms. The Balaban J connectivity index is 3.13. The Labute approximate surface area is 125 Å². The van der Waals surface area contributed by atoms with Gasteiger partial charge in [0, 0.05) is 19.3 Å². The van der Waals surface area contributed by atoms with Crippen LogP contribution in [0.15, 0.2) is 6.07 Å². The van der Waals surface area contributed by atoms with Crippen molar-refractivity contribution in [1.29, 1.82) is 5.26 Å². The molecule has 0 unspecified atom stereocenters. The van der Waals surface area contributed by atoms with Gasteiger partial charge < -0.3 is 14.4 Å². The number of pyridine rings is 1. The number of esters is 1. The van der Waals surface area contributed by atoms with Crippen molar-refractivity contribution in [1.82, 2.24) is 4.98 Å². The Morgan fingerprint density at radius 1 is 1.48 bits per heavy atom. The van der Waals surface area contributed by atoms with Crippen molar-refractivity contribution in [2.75, 3.05) is 38.3 Å². The van der Waals surface area contributed by atoms with Crippen LogP contribution in [0.2, 0.25) is 0 Å². The molecule has 0 spiro atoms. The van der Waals surface area contributed by atoms with Crippen molar-refractivity contribution >= 4 is 11.8 Å². The number of aromatic nitrogens is 1. The molecule has 0 aliphatic carbocycles. The highest BCUT2D eigenvalue weighted by molar-refractivity contribution is 5.76. The van der Waals surface area contributed by atoms with E-state index >= 15 is 0 Å². The predicted molar refractivity (Wildman–Crippen MR) is 79.1 cm³/mol. The summed E-state index contributed by atoms with van der Waals surface area (Å²) in [7, 11) is 1.59. The van der Waals surface area contributed by atoms with Gasteiger partial charge in [-0.15, -0.1) is 0 Å². The average molecular weight is 291 g/mol. The second-order valence-electron chi connectivity index (χ2n) is 4.61. The van der Waals surface area contributed by atoms with Crippen LogP contribution in [0.25, 0.3) is 0 Å². The number of carbonyl (C=O) groups excluding carboxylic acids is 1. The fraction of sp³-hybridized carbons (Fsp3) is 0.533. The number of methoxy groups -OCH3 is 1. The van der Waals surface area contributed by atoms with Crippen LogP contribution in [-0.4, -0.2) is 44.4 Å². The first-order valence-corrected chi connectivity index (χ1v) is 6.81. The molecule has 1 aromatic rings. The van der Waals surface area contributed by atoms with Gasteiger partial charge in [-0.25, -0.2) is 4.98 Å². The third-order valence-corrected chi connectivity index (χ3v) is 2.93. The maximum absolute atomic E-state index is 11.7. The maximum Gasteiger partial charge on any atom is 0.325 e. The Morgan fingerprint density at radius 2 is 2.19 bits per heavy atom. The van der Waals surface area contributed by atoms with E-state index in [9.17, 15) is 10.1 Å². The van der Waals surface area contributed by atoms with Crippen LogP contribution in [-0.2, 0) is 14.3 Å². The van der Waals surface area contributed by atoms with E-state index in [1.807, 2.05) is 19.9 Å². The lowest BCUT2D eigenvalue weighted by molar-refractivity contribution is -0.141. The topological polar surface area (TPSA) is 75.4 Å². The first-order valence-electron chi connectivity index (χ1n) is 6.81. The third-order valence-electron chi connectivity index (χ3n) is 2.93. The largest absolute Gasteiger partial charge is 0.465 e. The van der Waals surface area contributed by atoms with Gasteiger partial charge in [-0.2, -0.15) is 5.26 Å². The van der Waals surface area contributed by atoms with Crippen LogP contribution in [0.5, 0.6) is 0 Å². The minimum Gasteiger partial charge on any atom is -0.465 e. The molecule has 0 atom stereocenters. The summed E-state index contributed by atoms with van der Waals surface area (Å²) >= 11 is 0. The molecule has 0 saturated heterocycles.